The Hall–Kier alpha value is -2.27. The van der Waals surface area contributed by atoms with Gasteiger partial charge in [-0.2, -0.15) is 0 Å². The van der Waals surface area contributed by atoms with Gasteiger partial charge in [-0.25, -0.2) is 9.59 Å². The molecule has 2 aromatic rings. The van der Waals surface area contributed by atoms with Crippen molar-refractivity contribution in [2.75, 3.05) is 12.4 Å². The summed E-state index contributed by atoms with van der Waals surface area (Å²) < 4.78 is 10.0. The predicted molar refractivity (Wildman–Crippen MR) is 123 cm³/mol. The van der Waals surface area contributed by atoms with Gasteiger partial charge in [0, 0.05) is 4.90 Å². The molecule has 0 bridgehead atoms. The van der Waals surface area contributed by atoms with Gasteiger partial charge in [-0.15, -0.1) is 11.8 Å². The third kappa shape index (κ3) is 7.86. The van der Waals surface area contributed by atoms with Crippen LogP contribution in [-0.2, 0) is 14.3 Å². The molecule has 0 saturated carbocycles. The molecular formula is C25H32O4S. The van der Waals surface area contributed by atoms with Crippen molar-refractivity contribution in [2.45, 2.75) is 63.9 Å². The van der Waals surface area contributed by atoms with Crippen molar-refractivity contribution < 1.29 is 19.1 Å². The molecule has 162 valence electrons. The van der Waals surface area contributed by atoms with Crippen LogP contribution in [0.1, 0.15) is 63.2 Å². The molecule has 0 radical (unpaired) electrons. The van der Waals surface area contributed by atoms with Crippen LogP contribution < -0.4 is 0 Å². The van der Waals surface area contributed by atoms with E-state index in [1.165, 1.54) is 43.9 Å². The molecule has 0 aliphatic rings. The minimum atomic E-state index is -0.922. The van der Waals surface area contributed by atoms with Gasteiger partial charge < -0.3 is 9.47 Å². The van der Waals surface area contributed by atoms with Crippen molar-refractivity contribution in [3.05, 3.63) is 54.1 Å². The maximum Gasteiger partial charge on any atom is 0.347 e. The minimum absolute atomic E-state index is 0.256. The Balaban J connectivity index is 1.86. The lowest BCUT2D eigenvalue weighted by atomic mass is 10.0. The third-order valence-corrected chi connectivity index (χ3v) is 5.83. The second-order valence-corrected chi connectivity index (χ2v) is 8.33. The van der Waals surface area contributed by atoms with Crippen LogP contribution in [0.3, 0.4) is 0 Å². The van der Waals surface area contributed by atoms with Gasteiger partial charge in [0.25, 0.3) is 0 Å². The highest BCUT2D eigenvalue weighted by Crippen LogP contribution is 2.25. The average molecular weight is 429 g/mol. The van der Waals surface area contributed by atoms with Crippen molar-refractivity contribution in [1.29, 1.82) is 0 Å². The number of benzene rings is 2. The number of unbranched alkanes of at least 4 members (excludes halogenated alkanes) is 4. The number of esters is 2. The predicted octanol–water partition coefficient (Wildman–Crippen LogP) is 6.52. The molecule has 0 saturated heterocycles. The second-order valence-electron chi connectivity index (χ2n) is 7.16. The number of carbonyl (C=O) groups is 2. The van der Waals surface area contributed by atoms with Crippen LogP contribution in [0.4, 0.5) is 0 Å². The van der Waals surface area contributed by atoms with Crippen LogP contribution in [0.2, 0.25) is 0 Å². The molecule has 0 fully saturated rings. The van der Waals surface area contributed by atoms with E-state index >= 15 is 0 Å². The Morgan fingerprint density at radius 2 is 1.47 bits per heavy atom. The van der Waals surface area contributed by atoms with Gasteiger partial charge in [-0.05, 0) is 61.4 Å². The average Bonchev–Trinajstić information content (AvgIpc) is 2.77. The first kappa shape index (κ1) is 24.0. The van der Waals surface area contributed by atoms with Crippen molar-refractivity contribution >= 4 is 23.7 Å². The fourth-order valence-electron chi connectivity index (χ4n) is 2.97. The third-order valence-electron chi connectivity index (χ3n) is 4.73. The molecule has 0 N–H and O–H groups in total. The van der Waals surface area contributed by atoms with Crippen molar-refractivity contribution in [1.82, 2.24) is 0 Å². The molecular weight excluding hydrogens is 396 g/mol. The molecule has 0 spiro atoms. The van der Waals surface area contributed by atoms with Crippen molar-refractivity contribution in [3.63, 3.8) is 0 Å². The van der Waals surface area contributed by atoms with Crippen LogP contribution in [0.15, 0.2) is 53.4 Å². The van der Waals surface area contributed by atoms with Gasteiger partial charge in [-0.1, -0.05) is 56.9 Å². The molecule has 4 nitrogen and oxygen atoms in total. The van der Waals surface area contributed by atoms with E-state index in [1.807, 2.05) is 23.9 Å². The molecule has 0 unspecified atom stereocenters. The van der Waals surface area contributed by atoms with Gasteiger partial charge in [0.2, 0.25) is 0 Å². The summed E-state index contributed by atoms with van der Waals surface area (Å²) in [6, 6.07) is 15.7. The summed E-state index contributed by atoms with van der Waals surface area (Å²) in [7, 11) is 0. The summed E-state index contributed by atoms with van der Waals surface area (Å²) in [5.41, 5.74) is 2.54. The van der Waals surface area contributed by atoms with Gasteiger partial charge in [0.15, 0.2) is 6.10 Å². The van der Waals surface area contributed by atoms with Crippen LogP contribution >= 0.6 is 11.8 Å². The van der Waals surface area contributed by atoms with E-state index in [9.17, 15) is 9.59 Å². The molecule has 30 heavy (non-hydrogen) atoms. The Kier molecular flexibility index (Phi) is 10.5. The Labute approximate surface area is 184 Å². The molecule has 2 rings (SSSR count). The van der Waals surface area contributed by atoms with E-state index < -0.39 is 18.0 Å². The largest absolute Gasteiger partial charge is 0.463 e. The second kappa shape index (κ2) is 13.1. The number of thioether (sulfide) groups is 1. The molecule has 0 aliphatic carbocycles. The van der Waals surface area contributed by atoms with Crippen LogP contribution in [0.5, 0.6) is 0 Å². The molecule has 0 amide bonds. The minimum Gasteiger partial charge on any atom is -0.463 e. The number of hydrogen-bond acceptors (Lipinski definition) is 5. The lowest BCUT2D eigenvalue weighted by Crippen LogP contribution is -2.26. The molecule has 1 atom stereocenters. The Morgan fingerprint density at radius 1 is 0.867 bits per heavy atom. The first-order chi connectivity index (χ1) is 14.5. The monoisotopic (exact) mass is 428 g/mol. The van der Waals surface area contributed by atoms with E-state index in [1.54, 1.807) is 19.1 Å². The number of carbonyl (C=O) groups excluding carboxylic acids is 2. The lowest BCUT2D eigenvalue weighted by molar-refractivity contribution is -0.152. The molecule has 0 aromatic heterocycles. The highest BCUT2D eigenvalue weighted by atomic mass is 32.2. The van der Waals surface area contributed by atoms with Crippen LogP contribution in [0, 0.1) is 0 Å². The fraction of sp³-hybridized carbons (Fsp3) is 0.440. The van der Waals surface area contributed by atoms with Gasteiger partial charge in [0.1, 0.15) is 0 Å². The maximum absolute atomic E-state index is 12.2. The quantitative estimate of drug-likeness (QED) is 0.219. The van der Waals surface area contributed by atoms with E-state index in [0.29, 0.717) is 5.56 Å². The summed E-state index contributed by atoms with van der Waals surface area (Å²) in [6.07, 6.45) is 5.60. The standard InChI is InChI=1S/C25H32O4S/c1-4-6-7-8-9-18-30-23-16-14-21(15-17-23)20-10-12-22(13-11-20)25(27)29-19(3)24(26)28-5-2/h10-17,19H,4-9,18H2,1-3H3/t19-/m0/s1. The first-order valence-electron chi connectivity index (χ1n) is 10.8. The van der Waals surface area contributed by atoms with E-state index in [2.05, 4.69) is 31.2 Å². The van der Waals surface area contributed by atoms with E-state index in [0.717, 1.165) is 16.9 Å². The smallest absolute Gasteiger partial charge is 0.347 e. The molecule has 0 aliphatic heterocycles. The first-order valence-corrected chi connectivity index (χ1v) is 11.7. The SMILES string of the molecule is CCCCCCCSc1ccc(-c2ccc(C(=O)O[C@@H](C)C(=O)OCC)cc2)cc1. The highest BCUT2D eigenvalue weighted by molar-refractivity contribution is 7.99. The zero-order valence-corrected chi connectivity index (χ0v) is 19.0. The Morgan fingerprint density at radius 3 is 2.07 bits per heavy atom. The number of ether oxygens (including phenoxy) is 2. The summed E-state index contributed by atoms with van der Waals surface area (Å²) in [5, 5.41) is 0. The normalized spacial score (nSPS) is 11.7. The fourth-order valence-corrected chi connectivity index (χ4v) is 3.89. The topological polar surface area (TPSA) is 52.6 Å². The van der Waals surface area contributed by atoms with Gasteiger partial charge in [0.05, 0.1) is 12.2 Å². The molecule has 5 heteroatoms. The van der Waals surface area contributed by atoms with E-state index in [4.69, 9.17) is 9.47 Å². The Bertz CT molecular complexity index is 784. The summed E-state index contributed by atoms with van der Waals surface area (Å²) in [5.74, 6) is 0.0820. The zero-order valence-electron chi connectivity index (χ0n) is 18.2. The van der Waals surface area contributed by atoms with Crippen molar-refractivity contribution in [3.8, 4) is 11.1 Å². The van der Waals surface area contributed by atoms with Gasteiger partial charge in [-0.3, -0.25) is 0 Å². The summed E-state index contributed by atoms with van der Waals surface area (Å²) in [6.45, 7) is 5.72. The lowest BCUT2D eigenvalue weighted by Gasteiger charge is -2.12. The van der Waals surface area contributed by atoms with Gasteiger partial charge >= 0.3 is 11.9 Å². The molecule has 2 aromatic carbocycles. The molecule has 0 heterocycles. The summed E-state index contributed by atoms with van der Waals surface area (Å²) >= 11 is 1.90. The zero-order chi connectivity index (χ0) is 21.8. The number of hydrogen-bond donors (Lipinski definition) is 0. The number of rotatable bonds is 12. The summed E-state index contributed by atoms with van der Waals surface area (Å²) in [4.78, 5) is 25.1. The highest BCUT2D eigenvalue weighted by Gasteiger charge is 2.19. The van der Waals surface area contributed by atoms with Crippen molar-refractivity contribution in [2.24, 2.45) is 0 Å². The maximum atomic E-state index is 12.2. The van der Waals surface area contributed by atoms with E-state index in [-0.39, 0.29) is 6.61 Å². The van der Waals surface area contributed by atoms with Crippen LogP contribution in [0.25, 0.3) is 11.1 Å². The van der Waals surface area contributed by atoms with Crippen LogP contribution in [-0.4, -0.2) is 30.4 Å².